The minimum atomic E-state index is -0.685. The monoisotopic (exact) mass is 224 g/mol. The Morgan fingerprint density at radius 2 is 1.87 bits per heavy atom. The van der Waals surface area contributed by atoms with Crippen LogP contribution in [-0.2, 0) is 14.3 Å². The average Bonchev–Trinajstić information content (AvgIpc) is 2.17. The number of hydrogen-bond donors (Lipinski definition) is 0. The summed E-state index contributed by atoms with van der Waals surface area (Å²) in [7, 11) is 0. The van der Waals surface area contributed by atoms with Gasteiger partial charge in [0.2, 0.25) is 5.24 Å². The van der Waals surface area contributed by atoms with E-state index in [1.54, 1.807) is 24.3 Å². The molecule has 78 valence electrons. The Bertz CT molecular complexity index is 396. The lowest BCUT2D eigenvalue weighted by molar-refractivity contribution is -0.134. The first-order valence-corrected chi connectivity index (χ1v) is 4.62. The molecular formula is C11H9ClO3. The molecule has 0 aromatic heterocycles. The third-order valence-corrected chi connectivity index (χ3v) is 1.67. The van der Waals surface area contributed by atoms with Crippen LogP contribution in [0.15, 0.2) is 36.4 Å². The van der Waals surface area contributed by atoms with Gasteiger partial charge in [-0.1, -0.05) is 30.3 Å². The summed E-state index contributed by atoms with van der Waals surface area (Å²) in [6.45, 7) is 1.26. The molecule has 0 atom stereocenters. The Balaban J connectivity index is 3.02. The van der Waals surface area contributed by atoms with Crippen LogP contribution in [0.25, 0.3) is 5.76 Å². The van der Waals surface area contributed by atoms with Crippen LogP contribution in [0, 0.1) is 0 Å². The third-order valence-electron chi connectivity index (χ3n) is 1.56. The van der Waals surface area contributed by atoms with Crippen molar-refractivity contribution in [3.8, 4) is 0 Å². The number of esters is 1. The van der Waals surface area contributed by atoms with Gasteiger partial charge in [-0.15, -0.1) is 0 Å². The van der Waals surface area contributed by atoms with Crippen molar-refractivity contribution in [3.63, 3.8) is 0 Å². The Hall–Kier alpha value is -1.61. The van der Waals surface area contributed by atoms with E-state index in [0.717, 1.165) is 6.08 Å². The van der Waals surface area contributed by atoms with Crippen LogP contribution >= 0.6 is 11.6 Å². The van der Waals surface area contributed by atoms with Gasteiger partial charge in [-0.3, -0.25) is 9.59 Å². The van der Waals surface area contributed by atoms with E-state index in [-0.39, 0.29) is 5.76 Å². The normalized spacial score (nSPS) is 10.9. The van der Waals surface area contributed by atoms with Crippen molar-refractivity contribution >= 4 is 28.6 Å². The van der Waals surface area contributed by atoms with E-state index in [1.165, 1.54) is 6.92 Å². The standard InChI is InChI=1S/C11H9ClO3/c1-8(13)15-10(7-11(12)14)9-5-3-2-4-6-9/h2-7H,1H3. The maximum Gasteiger partial charge on any atom is 0.308 e. The average molecular weight is 225 g/mol. The molecular weight excluding hydrogens is 216 g/mol. The zero-order valence-electron chi connectivity index (χ0n) is 8.07. The molecule has 1 aromatic rings. The van der Waals surface area contributed by atoms with Gasteiger partial charge in [0.05, 0.1) is 0 Å². The lowest BCUT2D eigenvalue weighted by Crippen LogP contribution is -1.99. The third kappa shape index (κ3) is 3.95. The molecule has 0 aliphatic heterocycles. The van der Waals surface area contributed by atoms with Gasteiger partial charge in [-0.05, 0) is 11.6 Å². The molecule has 0 aliphatic carbocycles. The zero-order chi connectivity index (χ0) is 11.3. The van der Waals surface area contributed by atoms with Crippen LogP contribution in [0.3, 0.4) is 0 Å². The van der Waals surface area contributed by atoms with Crippen molar-refractivity contribution < 1.29 is 14.3 Å². The fourth-order valence-corrected chi connectivity index (χ4v) is 1.13. The van der Waals surface area contributed by atoms with Gasteiger partial charge in [-0.2, -0.15) is 0 Å². The molecule has 0 unspecified atom stereocenters. The Morgan fingerprint density at radius 1 is 1.27 bits per heavy atom. The van der Waals surface area contributed by atoms with Gasteiger partial charge in [0.1, 0.15) is 5.76 Å². The van der Waals surface area contributed by atoms with Crippen molar-refractivity contribution in [1.29, 1.82) is 0 Å². The van der Waals surface area contributed by atoms with Gasteiger partial charge >= 0.3 is 5.97 Å². The number of carbonyl (C=O) groups is 2. The van der Waals surface area contributed by atoms with Gasteiger partial charge < -0.3 is 4.74 Å². The number of halogens is 1. The molecule has 0 saturated heterocycles. The molecule has 0 N–H and O–H groups in total. The number of benzene rings is 1. The number of carbonyl (C=O) groups excluding carboxylic acids is 2. The second-order valence-electron chi connectivity index (χ2n) is 2.77. The summed E-state index contributed by atoms with van der Waals surface area (Å²) in [4.78, 5) is 21.5. The van der Waals surface area contributed by atoms with Crippen LogP contribution in [0.2, 0.25) is 0 Å². The number of rotatable bonds is 3. The summed E-state index contributed by atoms with van der Waals surface area (Å²) in [6.07, 6.45) is 1.07. The van der Waals surface area contributed by atoms with Crippen molar-refractivity contribution in [3.05, 3.63) is 42.0 Å². The van der Waals surface area contributed by atoms with Crippen LogP contribution in [0.4, 0.5) is 0 Å². The molecule has 0 radical (unpaired) electrons. The molecule has 4 heteroatoms. The molecule has 1 rings (SSSR count). The number of ether oxygens (including phenoxy) is 1. The lowest BCUT2D eigenvalue weighted by Gasteiger charge is -2.05. The first-order chi connectivity index (χ1) is 7.09. The fourth-order valence-electron chi connectivity index (χ4n) is 1.03. The molecule has 3 nitrogen and oxygen atoms in total. The molecule has 0 fully saturated rings. The van der Waals surface area contributed by atoms with E-state index in [9.17, 15) is 9.59 Å². The summed E-state index contributed by atoms with van der Waals surface area (Å²) in [5.41, 5.74) is 0.627. The Labute approximate surface area is 92.3 Å². The summed E-state index contributed by atoms with van der Waals surface area (Å²) in [5, 5.41) is -0.685. The van der Waals surface area contributed by atoms with Crippen molar-refractivity contribution in [2.75, 3.05) is 0 Å². The molecule has 0 spiro atoms. The Morgan fingerprint density at radius 3 is 2.33 bits per heavy atom. The van der Waals surface area contributed by atoms with Gasteiger partial charge in [0.25, 0.3) is 0 Å². The highest BCUT2D eigenvalue weighted by molar-refractivity contribution is 6.66. The minimum absolute atomic E-state index is 0.156. The smallest absolute Gasteiger partial charge is 0.308 e. The molecule has 0 saturated carbocycles. The summed E-state index contributed by atoms with van der Waals surface area (Å²) < 4.78 is 4.86. The maximum atomic E-state index is 10.8. The van der Waals surface area contributed by atoms with E-state index in [1.807, 2.05) is 6.07 Å². The SMILES string of the molecule is CC(=O)OC(=CC(=O)Cl)c1ccccc1. The summed E-state index contributed by atoms with van der Waals surface area (Å²) in [6, 6.07) is 8.79. The van der Waals surface area contributed by atoms with E-state index < -0.39 is 11.2 Å². The van der Waals surface area contributed by atoms with Crippen LogP contribution in [0.1, 0.15) is 12.5 Å². The topological polar surface area (TPSA) is 43.4 Å². The van der Waals surface area contributed by atoms with Crippen molar-refractivity contribution in [2.24, 2.45) is 0 Å². The predicted molar refractivity (Wildman–Crippen MR) is 57.0 cm³/mol. The molecule has 0 bridgehead atoms. The highest BCUT2D eigenvalue weighted by atomic mass is 35.5. The quantitative estimate of drug-likeness (QED) is 0.343. The zero-order valence-corrected chi connectivity index (χ0v) is 8.82. The molecule has 15 heavy (non-hydrogen) atoms. The molecule has 1 aromatic carbocycles. The van der Waals surface area contributed by atoms with E-state index in [2.05, 4.69) is 0 Å². The number of hydrogen-bond acceptors (Lipinski definition) is 3. The largest absolute Gasteiger partial charge is 0.426 e. The van der Waals surface area contributed by atoms with E-state index in [4.69, 9.17) is 16.3 Å². The van der Waals surface area contributed by atoms with Gasteiger partial charge in [-0.25, -0.2) is 0 Å². The predicted octanol–water partition coefficient (Wildman–Crippen LogP) is 2.36. The maximum absolute atomic E-state index is 10.8. The molecule has 0 amide bonds. The van der Waals surface area contributed by atoms with Crippen LogP contribution < -0.4 is 0 Å². The van der Waals surface area contributed by atoms with Crippen LogP contribution in [-0.4, -0.2) is 11.2 Å². The Kier molecular flexibility index (Phi) is 4.06. The molecule has 0 aliphatic rings. The van der Waals surface area contributed by atoms with Crippen molar-refractivity contribution in [1.82, 2.24) is 0 Å². The van der Waals surface area contributed by atoms with Gasteiger partial charge in [0.15, 0.2) is 0 Å². The second kappa shape index (κ2) is 5.32. The first-order valence-electron chi connectivity index (χ1n) is 4.24. The first kappa shape index (κ1) is 11.5. The summed E-state index contributed by atoms with van der Waals surface area (Å²) in [5.74, 6) is -0.342. The highest BCUT2D eigenvalue weighted by Gasteiger charge is 2.06. The van der Waals surface area contributed by atoms with E-state index >= 15 is 0 Å². The lowest BCUT2D eigenvalue weighted by atomic mass is 10.2. The fraction of sp³-hybridized carbons (Fsp3) is 0.0909. The molecule has 0 heterocycles. The second-order valence-corrected chi connectivity index (χ2v) is 3.14. The van der Waals surface area contributed by atoms with Gasteiger partial charge in [0, 0.05) is 18.6 Å². The highest BCUT2D eigenvalue weighted by Crippen LogP contribution is 2.16. The van der Waals surface area contributed by atoms with Crippen molar-refractivity contribution in [2.45, 2.75) is 6.92 Å². The minimum Gasteiger partial charge on any atom is -0.426 e. The number of allylic oxidation sites excluding steroid dienone is 1. The summed E-state index contributed by atoms with van der Waals surface area (Å²) >= 11 is 5.20. The van der Waals surface area contributed by atoms with E-state index in [0.29, 0.717) is 5.56 Å². The van der Waals surface area contributed by atoms with Crippen LogP contribution in [0.5, 0.6) is 0 Å².